The van der Waals surface area contributed by atoms with Gasteiger partial charge in [-0.25, -0.2) is 0 Å². The van der Waals surface area contributed by atoms with Gasteiger partial charge >= 0.3 is 0 Å². The van der Waals surface area contributed by atoms with Gasteiger partial charge in [-0.15, -0.1) is 0 Å². The van der Waals surface area contributed by atoms with Crippen LogP contribution in [0.5, 0.6) is 0 Å². The third-order valence-corrected chi connectivity index (χ3v) is 6.06. The molecule has 0 spiro atoms. The summed E-state index contributed by atoms with van der Waals surface area (Å²) in [5, 5.41) is 31.0. The third kappa shape index (κ3) is 8.17. The SMILES string of the molecule is CC(C)C(=O)CCC/C=C\C[C@@H]1[C@@H](/C=C/[C@@H](O)CCc2ccccc2)[C@H](O)C[C@@H]1O. The molecule has 166 valence electrons. The Kier molecular flexibility index (Phi) is 10.5. The molecule has 4 nitrogen and oxygen atoms in total. The number of hydrogen-bond donors (Lipinski definition) is 3. The number of hydrogen-bond acceptors (Lipinski definition) is 4. The van der Waals surface area contributed by atoms with Crippen molar-refractivity contribution in [3.05, 3.63) is 60.2 Å². The zero-order valence-electron chi connectivity index (χ0n) is 18.4. The molecule has 30 heavy (non-hydrogen) atoms. The summed E-state index contributed by atoms with van der Waals surface area (Å²) in [5.74, 6) is 0.193. The van der Waals surface area contributed by atoms with Gasteiger partial charge in [0.2, 0.25) is 0 Å². The van der Waals surface area contributed by atoms with Crippen molar-refractivity contribution < 1.29 is 20.1 Å². The van der Waals surface area contributed by atoms with Crippen molar-refractivity contribution in [3.8, 4) is 0 Å². The average Bonchev–Trinajstić information content (AvgIpc) is 3.00. The lowest BCUT2D eigenvalue weighted by molar-refractivity contribution is -0.121. The van der Waals surface area contributed by atoms with Crippen molar-refractivity contribution in [1.82, 2.24) is 0 Å². The van der Waals surface area contributed by atoms with Crippen LogP contribution in [0.25, 0.3) is 0 Å². The van der Waals surface area contributed by atoms with E-state index in [1.807, 2.05) is 38.1 Å². The number of benzene rings is 1. The van der Waals surface area contributed by atoms with Crippen molar-refractivity contribution in [2.45, 2.75) is 77.1 Å². The summed E-state index contributed by atoms with van der Waals surface area (Å²) in [5.41, 5.74) is 1.19. The third-order valence-electron chi connectivity index (χ3n) is 6.06. The normalized spacial score (nSPS) is 25.5. The van der Waals surface area contributed by atoms with E-state index in [-0.39, 0.29) is 17.8 Å². The number of unbranched alkanes of at least 4 members (excludes halogenated alkanes) is 1. The standard InChI is InChI=1S/C26H38O4/c1-19(2)24(28)13-9-4-3-8-12-22-23(26(30)18-25(22)29)17-16-21(27)15-14-20-10-6-5-7-11-20/h3,5-8,10-11,16-17,19,21-23,25-27,29-30H,4,9,12-15,18H2,1-2H3/b8-3-,17-16+/t21-,22+,23+,25-,26+/m0/s1. The van der Waals surface area contributed by atoms with Crippen LogP contribution in [0.1, 0.15) is 57.9 Å². The summed E-state index contributed by atoms with van der Waals surface area (Å²) in [6.07, 6.45) is 10.9. The molecule has 1 aliphatic carbocycles. The fourth-order valence-electron chi connectivity index (χ4n) is 4.07. The van der Waals surface area contributed by atoms with Crippen molar-refractivity contribution in [1.29, 1.82) is 0 Å². The summed E-state index contributed by atoms with van der Waals surface area (Å²) in [4.78, 5) is 11.6. The van der Waals surface area contributed by atoms with Gasteiger partial charge in [-0.1, -0.05) is 68.5 Å². The predicted molar refractivity (Wildman–Crippen MR) is 121 cm³/mol. The summed E-state index contributed by atoms with van der Waals surface area (Å²) in [7, 11) is 0. The van der Waals surface area contributed by atoms with Gasteiger partial charge in [0.1, 0.15) is 5.78 Å². The Morgan fingerprint density at radius 1 is 1.13 bits per heavy atom. The molecule has 0 unspecified atom stereocenters. The molecule has 3 N–H and O–H groups in total. The first-order valence-corrected chi connectivity index (χ1v) is 11.3. The van der Waals surface area contributed by atoms with Gasteiger partial charge in [0.15, 0.2) is 0 Å². The van der Waals surface area contributed by atoms with E-state index in [1.165, 1.54) is 5.56 Å². The molecule has 0 amide bonds. The first-order valence-electron chi connectivity index (χ1n) is 11.3. The molecule has 4 heteroatoms. The van der Waals surface area contributed by atoms with E-state index in [1.54, 1.807) is 6.08 Å². The topological polar surface area (TPSA) is 77.8 Å². The van der Waals surface area contributed by atoms with Crippen LogP contribution >= 0.6 is 0 Å². The number of aliphatic hydroxyl groups excluding tert-OH is 3. The van der Waals surface area contributed by atoms with E-state index >= 15 is 0 Å². The molecule has 1 aromatic carbocycles. The van der Waals surface area contributed by atoms with E-state index in [9.17, 15) is 20.1 Å². The zero-order chi connectivity index (χ0) is 21.9. The number of aliphatic hydroxyl groups is 3. The first kappa shape index (κ1) is 24.5. The van der Waals surface area contributed by atoms with Crippen LogP contribution in [0, 0.1) is 17.8 Å². The molecule has 2 rings (SSSR count). The second-order valence-corrected chi connectivity index (χ2v) is 8.81. The Labute approximate surface area is 181 Å². The van der Waals surface area contributed by atoms with Crippen molar-refractivity contribution in [2.75, 3.05) is 0 Å². The van der Waals surface area contributed by atoms with Crippen LogP contribution in [0.2, 0.25) is 0 Å². The Hall–Kier alpha value is -1.75. The molecule has 1 aliphatic rings. The van der Waals surface area contributed by atoms with Gasteiger partial charge < -0.3 is 15.3 Å². The summed E-state index contributed by atoms with van der Waals surface area (Å²) >= 11 is 0. The Bertz CT molecular complexity index is 680. The van der Waals surface area contributed by atoms with Gasteiger partial charge in [0.05, 0.1) is 18.3 Å². The molecule has 5 atom stereocenters. The van der Waals surface area contributed by atoms with Crippen molar-refractivity contribution >= 4 is 5.78 Å². The maximum absolute atomic E-state index is 11.6. The highest BCUT2D eigenvalue weighted by Gasteiger charge is 2.39. The van der Waals surface area contributed by atoms with Gasteiger partial charge in [-0.2, -0.15) is 0 Å². The molecule has 0 bridgehead atoms. The minimum atomic E-state index is -0.584. The minimum Gasteiger partial charge on any atom is -0.393 e. The first-order chi connectivity index (χ1) is 14.4. The van der Waals surface area contributed by atoms with Crippen LogP contribution in [0.3, 0.4) is 0 Å². The van der Waals surface area contributed by atoms with E-state index in [4.69, 9.17) is 0 Å². The van der Waals surface area contributed by atoms with Gasteiger partial charge in [0.25, 0.3) is 0 Å². The lowest BCUT2D eigenvalue weighted by atomic mass is 9.89. The second-order valence-electron chi connectivity index (χ2n) is 8.81. The van der Waals surface area contributed by atoms with E-state index < -0.39 is 18.3 Å². The molecule has 0 saturated heterocycles. The van der Waals surface area contributed by atoms with Crippen LogP contribution in [0.15, 0.2) is 54.6 Å². The average molecular weight is 415 g/mol. The second kappa shape index (κ2) is 12.8. The van der Waals surface area contributed by atoms with Gasteiger partial charge in [-0.3, -0.25) is 4.79 Å². The summed E-state index contributed by atoms with van der Waals surface area (Å²) in [6.45, 7) is 3.86. The molecule has 1 fully saturated rings. The maximum Gasteiger partial charge on any atom is 0.135 e. The maximum atomic E-state index is 11.6. The largest absolute Gasteiger partial charge is 0.393 e. The molecule has 0 aliphatic heterocycles. The Morgan fingerprint density at radius 2 is 1.87 bits per heavy atom. The van der Waals surface area contributed by atoms with Gasteiger partial charge in [0, 0.05) is 24.7 Å². The quantitative estimate of drug-likeness (QED) is 0.353. The zero-order valence-corrected chi connectivity index (χ0v) is 18.4. The van der Waals surface area contributed by atoms with E-state index in [0.29, 0.717) is 31.5 Å². The molecular weight excluding hydrogens is 376 g/mol. The number of ketones is 1. The van der Waals surface area contributed by atoms with Crippen LogP contribution in [-0.4, -0.2) is 39.4 Å². The highest BCUT2D eigenvalue weighted by Crippen LogP contribution is 2.36. The smallest absolute Gasteiger partial charge is 0.135 e. The van der Waals surface area contributed by atoms with Crippen LogP contribution in [0.4, 0.5) is 0 Å². The van der Waals surface area contributed by atoms with Crippen LogP contribution in [-0.2, 0) is 11.2 Å². The van der Waals surface area contributed by atoms with E-state index in [2.05, 4.69) is 24.3 Å². The number of carbonyl (C=O) groups excluding carboxylic acids is 1. The fourth-order valence-corrected chi connectivity index (χ4v) is 4.07. The predicted octanol–water partition coefficient (Wildman–Crippen LogP) is 4.24. The molecule has 1 saturated carbocycles. The molecule has 0 radical (unpaired) electrons. The van der Waals surface area contributed by atoms with Crippen molar-refractivity contribution in [3.63, 3.8) is 0 Å². The molecule has 0 aromatic heterocycles. The number of carbonyl (C=O) groups is 1. The lowest BCUT2D eigenvalue weighted by Crippen LogP contribution is -2.20. The Morgan fingerprint density at radius 3 is 2.57 bits per heavy atom. The van der Waals surface area contributed by atoms with E-state index in [0.717, 1.165) is 19.3 Å². The number of Topliss-reactive ketones (excluding diaryl/α,β-unsaturated/α-hetero) is 1. The molecule has 0 heterocycles. The Balaban J connectivity index is 1.79. The number of rotatable bonds is 12. The highest BCUT2D eigenvalue weighted by atomic mass is 16.3. The highest BCUT2D eigenvalue weighted by molar-refractivity contribution is 5.80. The van der Waals surface area contributed by atoms with Gasteiger partial charge in [-0.05, 0) is 43.6 Å². The van der Waals surface area contributed by atoms with Crippen molar-refractivity contribution in [2.24, 2.45) is 17.8 Å². The lowest BCUT2D eigenvalue weighted by Gasteiger charge is -2.19. The monoisotopic (exact) mass is 414 g/mol. The number of aryl methyl sites for hydroxylation is 1. The summed E-state index contributed by atoms with van der Waals surface area (Å²) in [6, 6.07) is 10.1. The van der Waals surface area contributed by atoms with Crippen LogP contribution < -0.4 is 0 Å². The molecule has 1 aromatic rings. The summed E-state index contributed by atoms with van der Waals surface area (Å²) < 4.78 is 0. The fraction of sp³-hybridized carbons (Fsp3) is 0.577. The number of allylic oxidation sites excluding steroid dienone is 2. The molecular formula is C26H38O4. The minimum absolute atomic E-state index is 0.0499.